The maximum absolute atomic E-state index is 13.7. The second kappa shape index (κ2) is 7.40. The predicted octanol–water partition coefficient (Wildman–Crippen LogP) is 3.35. The molecule has 4 nitrogen and oxygen atoms in total. The Morgan fingerprint density at radius 2 is 1.92 bits per heavy atom. The van der Waals surface area contributed by atoms with E-state index in [0.717, 1.165) is 23.9 Å². The fourth-order valence-corrected chi connectivity index (χ4v) is 2.23. The molecule has 1 N–H and O–H groups in total. The molecule has 1 atom stereocenters. The SMILES string of the molecule is CC(=O)c1ccc(N(C)C)cc1OCC(O)c1cc(F)ccc1F. The summed E-state index contributed by atoms with van der Waals surface area (Å²) in [7, 11) is 3.67. The highest BCUT2D eigenvalue weighted by atomic mass is 19.1. The predicted molar refractivity (Wildman–Crippen MR) is 87.6 cm³/mol. The van der Waals surface area contributed by atoms with Gasteiger partial charge in [-0.15, -0.1) is 0 Å². The maximum atomic E-state index is 13.7. The van der Waals surface area contributed by atoms with Crippen LogP contribution < -0.4 is 9.64 Å². The largest absolute Gasteiger partial charge is 0.490 e. The number of anilines is 1. The van der Waals surface area contributed by atoms with Crippen molar-refractivity contribution in [3.8, 4) is 5.75 Å². The summed E-state index contributed by atoms with van der Waals surface area (Å²) in [6.45, 7) is 1.09. The van der Waals surface area contributed by atoms with E-state index in [1.807, 2.05) is 19.0 Å². The monoisotopic (exact) mass is 335 g/mol. The Balaban J connectivity index is 2.22. The van der Waals surface area contributed by atoms with Crippen molar-refractivity contribution in [1.29, 1.82) is 0 Å². The van der Waals surface area contributed by atoms with E-state index in [4.69, 9.17) is 4.74 Å². The number of benzene rings is 2. The summed E-state index contributed by atoms with van der Waals surface area (Å²) in [5, 5.41) is 10.1. The number of rotatable bonds is 6. The van der Waals surface area contributed by atoms with E-state index >= 15 is 0 Å². The van der Waals surface area contributed by atoms with Crippen LogP contribution in [-0.4, -0.2) is 31.6 Å². The topological polar surface area (TPSA) is 49.8 Å². The van der Waals surface area contributed by atoms with Crippen LogP contribution in [-0.2, 0) is 0 Å². The van der Waals surface area contributed by atoms with Gasteiger partial charge in [-0.25, -0.2) is 8.78 Å². The number of aliphatic hydroxyl groups is 1. The van der Waals surface area contributed by atoms with Gasteiger partial charge in [-0.05, 0) is 37.3 Å². The van der Waals surface area contributed by atoms with Crippen molar-refractivity contribution in [3.63, 3.8) is 0 Å². The molecule has 6 heteroatoms. The Kier molecular flexibility index (Phi) is 5.51. The van der Waals surface area contributed by atoms with E-state index in [1.54, 1.807) is 18.2 Å². The van der Waals surface area contributed by atoms with Gasteiger partial charge >= 0.3 is 0 Å². The van der Waals surface area contributed by atoms with E-state index in [9.17, 15) is 18.7 Å². The van der Waals surface area contributed by atoms with Gasteiger partial charge in [0.2, 0.25) is 0 Å². The lowest BCUT2D eigenvalue weighted by atomic mass is 10.1. The number of carbonyl (C=O) groups excluding carboxylic acids is 1. The fourth-order valence-electron chi connectivity index (χ4n) is 2.23. The number of nitrogens with zero attached hydrogens (tertiary/aromatic N) is 1. The van der Waals surface area contributed by atoms with Crippen LogP contribution in [0, 0.1) is 11.6 Å². The zero-order chi connectivity index (χ0) is 17.9. The van der Waals surface area contributed by atoms with E-state index in [2.05, 4.69) is 0 Å². The molecule has 0 spiro atoms. The maximum Gasteiger partial charge on any atom is 0.163 e. The first-order valence-corrected chi connectivity index (χ1v) is 7.37. The Morgan fingerprint density at radius 3 is 2.54 bits per heavy atom. The highest BCUT2D eigenvalue weighted by Crippen LogP contribution is 2.27. The number of carbonyl (C=O) groups is 1. The average Bonchev–Trinajstić information content (AvgIpc) is 2.54. The molecule has 0 heterocycles. The Hall–Kier alpha value is -2.47. The van der Waals surface area contributed by atoms with Gasteiger partial charge in [0.05, 0.1) is 5.56 Å². The third-order valence-electron chi connectivity index (χ3n) is 3.57. The van der Waals surface area contributed by atoms with Crippen LogP contribution in [0.5, 0.6) is 5.75 Å². The summed E-state index contributed by atoms with van der Waals surface area (Å²) < 4.78 is 32.4. The summed E-state index contributed by atoms with van der Waals surface area (Å²) in [4.78, 5) is 13.5. The Labute approximate surface area is 139 Å². The first-order valence-electron chi connectivity index (χ1n) is 7.37. The van der Waals surface area contributed by atoms with Crippen molar-refractivity contribution >= 4 is 11.5 Å². The van der Waals surface area contributed by atoms with Gasteiger partial charge in [0, 0.05) is 31.4 Å². The Bertz CT molecular complexity index is 747. The average molecular weight is 335 g/mol. The zero-order valence-corrected chi connectivity index (χ0v) is 13.7. The molecule has 0 bridgehead atoms. The van der Waals surface area contributed by atoms with Gasteiger partial charge < -0.3 is 14.7 Å². The van der Waals surface area contributed by atoms with Crippen molar-refractivity contribution in [2.45, 2.75) is 13.0 Å². The standard InChI is InChI=1S/C18H19F2NO3/c1-11(22)14-6-5-13(21(2)3)9-18(14)24-10-17(23)15-8-12(19)4-7-16(15)20/h4-9,17,23H,10H2,1-3H3. The minimum atomic E-state index is -1.36. The quantitative estimate of drug-likeness (QED) is 0.823. The molecule has 1 unspecified atom stereocenters. The van der Waals surface area contributed by atoms with Crippen LogP contribution >= 0.6 is 0 Å². The van der Waals surface area contributed by atoms with Crippen molar-refractivity contribution in [2.24, 2.45) is 0 Å². The normalized spacial score (nSPS) is 11.9. The number of aliphatic hydroxyl groups excluding tert-OH is 1. The van der Waals surface area contributed by atoms with Gasteiger partial charge in [0.1, 0.15) is 30.1 Å². The summed E-state index contributed by atoms with van der Waals surface area (Å²) >= 11 is 0. The molecule has 2 aromatic rings. The van der Waals surface area contributed by atoms with E-state index in [1.165, 1.54) is 6.92 Å². The minimum absolute atomic E-state index is 0.192. The van der Waals surface area contributed by atoms with Crippen LogP contribution in [0.15, 0.2) is 36.4 Å². The number of ether oxygens (including phenoxy) is 1. The minimum Gasteiger partial charge on any atom is -0.490 e. The zero-order valence-electron chi connectivity index (χ0n) is 13.7. The molecule has 2 aromatic carbocycles. The van der Waals surface area contributed by atoms with Gasteiger partial charge in [0.25, 0.3) is 0 Å². The van der Waals surface area contributed by atoms with Crippen LogP contribution in [0.1, 0.15) is 28.9 Å². The highest BCUT2D eigenvalue weighted by molar-refractivity contribution is 5.97. The molecule has 0 radical (unpaired) electrons. The first kappa shape index (κ1) is 17.9. The fraction of sp³-hybridized carbons (Fsp3) is 0.278. The lowest BCUT2D eigenvalue weighted by molar-refractivity contribution is 0.0967. The number of Topliss-reactive ketones (excluding diaryl/α,β-unsaturated/α-hetero) is 1. The molecular weight excluding hydrogens is 316 g/mol. The lowest BCUT2D eigenvalue weighted by Crippen LogP contribution is -2.14. The molecule has 0 aliphatic carbocycles. The second-order valence-electron chi connectivity index (χ2n) is 5.62. The molecule has 0 aliphatic heterocycles. The van der Waals surface area contributed by atoms with Crippen LogP contribution in [0.2, 0.25) is 0 Å². The number of halogens is 2. The molecular formula is C18H19F2NO3. The van der Waals surface area contributed by atoms with E-state index in [-0.39, 0.29) is 23.7 Å². The first-order chi connectivity index (χ1) is 11.3. The molecule has 0 saturated heterocycles. The van der Waals surface area contributed by atoms with Gasteiger partial charge in [0.15, 0.2) is 5.78 Å². The third-order valence-corrected chi connectivity index (χ3v) is 3.57. The Morgan fingerprint density at radius 1 is 1.21 bits per heavy atom. The molecule has 24 heavy (non-hydrogen) atoms. The van der Waals surface area contributed by atoms with Crippen molar-refractivity contribution in [3.05, 3.63) is 59.2 Å². The summed E-state index contributed by atoms with van der Waals surface area (Å²) in [5.74, 6) is -1.28. The highest BCUT2D eigenvalue weighted by Gasteiger charge is 2.17. The molecule has 0 fully saturated rings. The summed E-state index contributed by atoms with van der Waals surface area (Å²) in [6.07, 6.45) is -1.36. The van der Waals surface area contributed by atoms with Gasteiger partial charge in [-0.3, -0.25) is 4.79 Å². The van der Waals surface area contributed by atoms with Crippen molar-refractivity contribution < 1.29 is 23.4 Å². The number of hydrogen-bond donors (Lipinski definition) is 1. The molecule has 128 valence electrons. The molecule has 2 rings (SSSR count). The summed E-state index contributed by atoms with van der Waals surface area (Å²) in [5.41, 5.74) is 0.970. The van der Waals surface area contributed by atoms with Crippen molar-refractivity contribution in [2.75, 3.05) is 25.6 Å². The van der Waals surface area contributed by atoms with Gasteiger partial charge in [-0.1, -0.05) is 0 Å². The molecule has 0 aromatic heterocycles. The second-order valence-corrected chi connectivity index (χ2v) is 5.62. The van der Waals surface area contributed by atoms with Crippen LogP contribution in [0.25, 0.3) is 0 Å². The summed E-state index contributed by atoms with van der Waals surface area (Å²) in [6, 6.07) is 7.90. The van der Waals surface area contributed by atoms with E-state index < -0.39 is 17.7 Å². The van der Waals surface area contributed by atoms with E-state index in [0.29, 0.717) is 5.56 Å². The van der Waals surface area contributed by atoms with Gasteiger partial charge in [-0.2, -0.15) is 0 Å². The van der Waals surface area contributed by atoms with Crippen LogP contribution in [0.4, 0.5) is 14.5 Å². The molecule has 0 amide bonds. The number of hydrogen-bond acceptors (Lipinski definition) is 4. The van der Waals surface area contributed by atoms with Crippen LogP contribution in [0.3, 0.4) is 0 Å². The number of ketones is 1. The molecule has 0 saturated carbocycles. The lowest BCUT2D eigenvalue weighted by Gasteiger charge is -2.18. The molecule has 0 aliphatic rings. The smallest absolute Gasteiger partial charge is 0.163 e. The van der Waals surface area contributed by atoms with Crippen molar-refractivity contribution in [1.82, 2.24) is 0 Å². The third kappa shape index (κ3) is 4.08.